The molecular weight excluding hydrogens is 274 g/mol. The highest BCUT2D eigenvalue weighted by Crippen LogP contribution is 2.17. The minimum Gasteiger partial charge on any atom is -0.351 e. The molecule has 0 spiro atoms. The highest BCUT2D eigenvalue weighted by atomic mass is 35.5. The minimum atomic E-state index is 0.388. The molecule has 1 aromatic carbocycles. The predicted molar refractivity (Wildman–Crippen MR) is 79.9 cm³/mol. The number of para-hydroxylation sites is 2. The second kappa shape index (κ2) is 5.09. The van der Waals surface area contributed by atoms with E-state index in [0.29, 0.717) is 11.7 Å². The molecule has 102 valence electrons. The van der Waals surface area contributed by atoms with Crippen LogP contribution >= 0.6 is 11.6 Å². The molecule has 0 saturated heterocycles. The van der Waals surface area contributed by atoms with Crippen LogP contribution in [0.25, 0.3) is 11.0 Å². The van der Waals surface area contributed by atoms with E-state index in [1.807, 2.05) is 37.2 Å². The molecule has 6 heteroatoms. The number of halogens is 1. The normalized spacial score (nSPS) is 10.9. The van der Waals surface area contributed by atoms with E-state index in [1.54, 1.807) is 6.20 Å². The zero-order valence-corrected chi connectivity index (χ0v) is 12.0. The van der Waals surface area contributed by atoms with Crippen molar-refractivity contribution in [2.24, 2.45) is 7.05 Å². The molecule has 0 saturated carbocycles. The number of rotatable bonds is 3. The van der Waals surface area contributed by atoms with Crippen LogP contribution in [0.1, 0.15) is 5.82 Å². The molecule has 0 radical (unpaired) electrons. The van der Waals surface area contributed by atoms with Crippen LogP contribution in [-0.4, -0.2) is 26.6 Å². The molecule has 0 aliphatic carbocycles. The van der Waals surface area contributed by atoms with E-state index < -0.39 is 0 Å². The van der Waals surface area contributed by atoms with Crippen LogP contribution < -0.4 is 4.90 Å². The second-order valence-corrected chi connectivity index (χ2v) is 5.02. The molecule has 5 nitrogen and oxygen atoms in total. The highest BCUT2D eigenvalue weighted by Gasteiger charge is 2.11. The van der Waals surface area contributed by atoms with Gasteiger partial charge in [0.1, 0.15) is 16.8 Å². The molecular formula is C14H14ClN5. The maximum absolute atomic E-state index is 5.87. The minimum absolute atomic E-state index is 0.388. The summed E-state index contributed by atoms with van der Waals surface area (Å²) in [5.41, 5.74) is 2.11. The van der Waals surface area contributed by atoms with Crippen LogP contribution in [0.5, 0.6) is 0 Å². The summed E-state index contributed by atoms with van der Waals surface area (Å²) < 4.78 is 2.09. The molecule has 3 aromatic rings. The Bertz CT molecular complexity index is 752. The van der Waals surface area contributed by atoms with Gasteiger partial charge in [0.15, 0.2) is 0 Å². The molecule has 2 heterocycles. The van der Waals surface area contributed by atoms with Crippen molar-refractivity contribution >= 4 is 28.5 Å². The maximum Gasteiger partial charge on any atom is 0.149 e. The molecule has 0 bridgehead atoms. The van der Waals surface area contributed by atoms with Gasteiger partial charge in [-0.05, 0) is 12.1 Å². The topological polar surface area (TPSA) is 46.8 Å². The first kappa shape index (κ1) is 12.9. The Hall–Kier alpha value is -2.14. The third-order valence-corrected chi connectivity index (χ3v) is 3.42. The van der Waals surface area contributed by atoms with Gasteiger partial charge in [-0.3, -0.25) is 4.98 Å². The van der Waals surface area contributed by atoms with Crippen molar-refractivity contribution in [2.75, 3.05) is 11.9 Å². The quantitative estimate of drug-likeness (QED) is 0.743. The number of benzene rings is 1. The average Bonchev–Trinajstić information content (AvgIpc) is 2.76. The Morgan fingerprint density at radius 3 is 2.75 bits per heavy atom. The van der Waals surface area contributed by atoms with Gasteiger partial charge in [-0.25, -0.2) is 9.97 Å². The molecule has 0 N–H and O–H groups in total. The predicted octanol–water partition coefficient (Wildman–Crippen LogP) is 2.65. The van der Waals surface area contributed by atoms with Gasteiger partial charge in [-0.1, -0.05) is 23.7 Å². The first-order valence-corrected chi connectivity index (χ1v) is 6.62. The molecule has 0 fully saturated rings. The Labute approximate surface area is 121 Å². The lowest BCUT2D eigenvalue weighted by molar-refractivity contribution is 0.767. The van der Waals surface area contributed by atoms with Gasteiger partial charge in [0.25, 0.3) is 0 Å². The summed E-state index contributed by atoms with van der Waals surface area (Å²) in [7, 11) is 3.96. The average molecular weight is 288 g/mol. The van der Waals surface area contributed by atoms with E-state index >= 15 is 0 Å². The fourth-order valence-corrected chi connectivity index (χ4v) is 2.29. The summed E-state index contributed by atoms with van der Waals surface area (Å²) >= 11 is 5.87. The summed E-state index contributed by atoms with van der Waals surface area (Å²) in [4.78, 5) is 14.9. The van der Waals surface area contributed by atoms with Crippen molar-refractivity contribution < 1.29 is 0 Å². The van der Waals surface area contributed by atoms with Crippen LogP contribution in [0, 0.1) is 0 Å². The molecule has 2 aromatic heterocycles. The third kappa shape index (κ3) is 2.32. The molecule has 0 amide bonds. The smallest absolute Gasteiger partial charge is 0.149 e. The summed E-state index contributed by atoms with van der Waals surface area (Å²) in [5, 5.41) is 0.388. The van der Waals surface area contributed by atoms with Gasteiger partial charge in [0.05, 0.1) is 30.0 Å². The van der Waals surface area contributed by atoms with E-state index in [2.05, 4.69) is 25.6 Å². The van der Waals surface area contributed by atoms with Crippen molar-refractivity contribution in [3.05, 3.63) is 47.6 Å². The molecule has 0 atom stereocenters. The first-order chi connectivity index (χ1) is 9.65. The maximum atomic E-state index is 5.87. The number of aryl methyl sites for hydroxylation is 1. The van der Waals surface area contributed by atoms with Crippen LogP contribution in [0.2, 0.25) is 5.15 Å². The Kier molecular flexibility index (Phi) is 3.28. The van der Waals surface area contributed by atoms with E-state index in [0.717, 1.165) is 22.7 Å². The summed E-state index contributed by atoms with van der Waals surface area (Å²) in [6, 6.07) is 8.08. The molecule has 20 heavy (non-hydrogen) atoms. The van der Waals surface area contributed by atoms with E-state index in [4.69, 9.17) is 11.6 Å². The van der Waals surface area contributed by atoms with Crippen molar-refractivity contribution in [3.63, 3.8) is 0 Å². The number of aromatic nitrogens is 4. The van der Waals surface area contributed by atoms with Crippen LogP contribution in [-0.2, 0) is 13.6 Å². The largest absolute Gasteiger partial charge is 0.351 e. The SMILES string of the molecule is CN(Cc1nc2ccccc2n1C)c1cncc(Cl)n1. The second-order valence-electron chi connectivity index (χ2n) is 4.63. The standard InChI is InChI=1S/C14H14ClN5/c1-19(13-8-16-7-12(15)18-13)9-14-17-10-5-3-4-6-11(10)20(14)2/h3-8H,9H2,1-2H3. The van der Waals surface area contributed by atoms with E-state index in [9.17, 15) is 0 Å². The lowest BCUT2D eigenvalue weighted by Gasteiger charge is -2.17. The van der Waals surface area contributed by atoms with Gasteiger partial charge < -0.3 is 9.47 Å². The van der Waals surface area contributed by atoms with Gasteiger partial charge >= 0.3 is 0 Å². The number of fused-ring (bicyclic) bond motifs is 1. The Morgan fingerprint density at radius 2 is 2.00 bits per heavy atom. The summed E-state index contributed by atoms with van der Waals surface area (Å²) in [5.74, 6) is 1.69. The number of hydrogen-bond acceptors (Lipinski definition) is 4. The van der Waals surface area contributed by atoms with Crippen molar-refractivity contribution in [2.45, 2.75) is 6.54 Å². The summed E-state index contributed by atoms with van der Waals surface area (Å²) in [6.07, 6.45) is 3.21. The number of hydrogen-bond donors (Lipinski definition) is 0. The van der Waals surface area contributed by atoms with Crippen molar-refractivity contribution in [3.8, 4) is 0 Å². The van der Waals surface area contributed by atoms with Gasteiger partial charge in [0, 0.05) is 14.1 Å². The third-order valence-electron chi connectivity index (χ3n) is 3.24. The Morgan fingerprint density at radius 1 is 1.20 bits per heavy atom. The molecule has 3 rings (SSSR count). The highest BCUT2D eigenvalue weighted by molar-refractivity contribution is 6.29. The lowest BCUT2D eigenvalue weighted by Crippen LogP contribution is -2.20. The fraction of sp³-hybridized carbons (Fsp3) is 0.214. The van der Waals surface area contributed by atoms with E-state index in [-0.39, 0.29) is 0 Å². The van der Waals surface area contributed by atoms with Crippen LogP contribution in [0.4, 0.5) is 5.82 Å². The van der Waals surface area contributed by atoms with Crippen molar-refractivity contribution in [1.82, 2.24) is 19.5 Å². The summed E-state index contributed by atoms with van der Waals surface area (Å²) in [6.45, 7) is 0.639. The van der Waals surface area contributed by atoms with Crippen LogP contribution in [0.3, 0.4) is 0 Å². The number of nitrogens with zero attached hydrogens (tertiary/aromatic N) is 5. The first-order valence-electron chi connectivity index (χ1n) is 6.24. The number of anilines is 1. The molecule has 0 aliphatic rings. The van der Waals surface area contributed by atoms with Gasteiger partial charge in [-0.2, -0.15) is 0 Å². The van der Waals surface area contributed by atoms with Crippen LogP contribution in [0.15, 0.2) is 36.7 Å². The van der Waals surface area contributed by atoms with E-state index in [1.165, 1.54) is 6.20 Å². The van der Waals surface area contributed by atoms with Gasteiger partial charge in [-0.15, -0.1) is 0 Å². The Balaban J connectivity index is 1.91. The number of imidazole rings is 1. The molecule has 0 aliphatic heterocycles. The zero-order chi connectivity index (χ0) is 14.1. The molecule has 0 unspecified atom stereocenters. The fourth-order valence-electron chi connectivity index (χ4n) is 2.15. The monoisotopic (exact) mass is 287 g/mol. The lowest BCUT2D eigenvalue weighted by atomic mass is 10.3. The van der Waals surface area contributed by atoms with Crippen molar-refractivity contribution in [1.29, 1.82) is 0 Å². The van der Waals surface area contributed by atoms with Gasteiger partial charge in [0.2, 0.25) is 0 Å². The zero-order valence-electron chi connectivity index (χ0n) is 11.3.